The van der Waals surface area contributed by atoms with E-state index in [-0.39, 0.29) is 5.91 Å². The molecule has 0 saturated carbocycles. The number of anilines is 1. The molecule has 0 aliphatic rings. The minimum Gasteiger partial charge on any atom is -0.495 e. The summed E-state index contributed by atoms with van der Waals surface area (Å²) in [6, 6.07) is 3.41. The Bertz CT molecular complexity index is 622. The molecule has 2 aromatic rings. The molecule has 0 spiro atoms. The molecule has 0 radical (unpaired) electrons. The normalized spacial score (nSPS) is 10.3. The van der Waals surface area contributed by atoms with Gasteiger partial charge in [-0.05, 0) is 25.5 Å². The van der Waals surface area contributed by atoms with Gasteiger partial charge >= 0.3 is 0 Å². The number of hydrogen-bond donors (Lipinski definition) is 1. The minimum absolute atomic E-state index is 0.307. The molecule has 0 aliphatic heterocycles. The van der Waals surface area contributed by atoms with Crippen molar-refractivity contribution in [2.75, 3.05) is 12.4 Å². The molecule has 100 valence electrons. The van der Waals surface area contributed by atoms with E-state index in [1.165, 1.54) is 13.4 Å². The van der Waals surface area contributed by atoms with Crippen LogP contribution in [-0.4, -0.2) is 18.2 Å². The topological polar surface area (TPSA) is 64.4 Å². The van der Waals surface area contributed by atoms with Gasteiger partial charge in [0, 0.05) is 11.1 Å². The Hall–Kier alpha value is -2.01. The van der Waals surface area contributed by atoms with Crippen LogP contribution in [0.1, 0.15) is 21.6 Å². The molecule has 6 heteroatoms. The standard InChI is InChI=1S/C13H13ClN2O3/c1-7-4-11(12(18-3)5-10(7)14)15-13(17)9-6-19-16-8(9)2/h4-6H,1-3H3,(H,15,17). The van der Waals surface area contributed by atoms with Gasteiger partial charge in [0.05, 0.1) is 18.5 Å². The number of methoxy groups -OCH3 is 1. The fourth-order valence-electron chi connectivity index (χ4n) is 1.63. The van der Waals surface area contributed by atoms with E-state index in [0.717, 1.165) is 5.56 Å². The van der Waals surface area contributed by atoms with Crippen molar-refractivity contribution in [3.8, 4) is 5.75 Å². The van der Waals surface area contributed by atoms with Crippen LogP contribution in [0.4, 0.5) is 5.69 Å². The molecular formula is C13H13ClN2O3. The van der Waals surface area contributed by atoms with Gasteiger partial charge in [-0.2, -0.15) is 0 Å². The number of carbonyl (C=O) groups is 1. The number of hydrogen-bond acceptors (Lipinski definition) is 4. The van der Waals surface area contributed by atoms with Crippen molar-refractivity contribution >= 4 is 23.2 Å². The molecule has 19 heavy (non-hydrogen) atoms. The highest BCUT2D eigenvalue weighted by Gasteiger charge is 2.15. The highest BCUT2D eigenvalue weighted by Crippen LogP contribution is 2.31. The average Bonchev–Trinajstić information content (AvgIpc) is 2.79. The van der Waals surface area contributed by atoms with Gasteiger partial charge in [0.15, 0.2) is 0 Å². The maximum atomic E-state index is 12.1. The first-order valence-corrected chi connectivity index (χ1v) is 5.97. The largest absolute Gasteiger partial charge is 0.495 e. The van der Waals surface area contributed by atoms with Gasteiger partial charge in [0.25, 0.3) is 5.91 Å². The van der Waals surface area contributed by atoms with E-state index < -0.39 is 0 Å². The van der Waals surface area contributed by atoms with Crippen molar-refractivity contribution in [2.24, 2.45) is 0 Å². The lowest BCUT2D eigenvalue weighted by atomic mass is 10.2. The highest BCUT2D eigenvalue weighted by molar-refractivity contribution is 6.31. The molecule has 0 atom stereocenters. The first kappa shape index (κ1) is 13.4. The van der Waals surface area contributed by atoms with Gasteiger partial charge in [-0.15, -0.1) is 0 Å². The number of ether oxygens (including phenoxy) is 1. The molecule has 1 N–H and O–H groups in total. The van der Waals surface area contributed by atoms with E-state index in [4.69, 9.17) is 20.9 Å². The Morgan fingerprint density at radius 2 is 2.16 bits per heavy atom. The van der Waals surface area contributed by atoms with Gasteiger partial charge in [-0.25, -0.2) is 0 Å². The van der Waals surface area contributed by atoms with Gasteiger partial charge in [-0.3, -0.25) is 4.79 Å². The number of nitrogens with zero attached hydrogens (tertiary/aromatic N) is 1. The van der Waals surface area contributed by atoms with E-state index in [2.05, 4.69) is 10.5 Å². The van der Waals surface area contributed by atoms with Crippen molar-refractivity contribution in [1.82, 2.24) is 5.16 Å². The van der Waals surface area contributed by atoms with Crippen molar-refractivity contribution < 1.29 is 14.1 Å². The number of aromatic nitrogens is 1. The van der Waals surface area contributed by atoms with E-state index >= 15 is 0 Å². The van der Waals surface area contributed by atoms with E-state index in [1.807, 2.05) is 6.92 Å². The molecule has 0 fully saturated rings. The molecular weight excluding hydrogens is 268 g/mol. The average molecular weight is 281 g/mol. The van der Waals surface area contributed by atoms with Crippen LogP contribution >= 0.6 is 11.6 Å². The summed E-state index contributed by atoms with van der Waals surface area (Å²) in [6.45, 7) is 3.55. The molecule has 1 aromatic heterocycles. The van der Waals surface area contributed by atoms with Crippen LogP contribution in [0.5, 0.6) is 5.75 Å². The molecule has 5 nitrogen and oxygen atoms in total. The lowest BCUT2D eigenvalue weighted by Gasteiger charge is -2.11. The summed E-state index contributed by atoms with van der Waals surface area (Å²) in [5.74, 6) is 0.192. The van der Waals surface area contributed by atoms with Crippen molar-refractivity contribution in [3.05, 3.63) is 40.2 Å². The minimum atomic E-state index is -0.307. The Balaban J connectivity index is 2.31. The third kappa shape index (κ3) is 2.71. The van der Waals surface area contributed by atoms with Crippen LogP contribution in [0.15, 0.2) is 22.9 Å². The van der Waals surface area contributed by atoms with Gasteiger partial charge in [0.2, 0.25) is 0 Å². The number of benzene rings is 1. The van der Waals surface area contributed by atoms with Crippen molar-refractivity contribution in [1.29, 1.82) is 0 Å². The van der Waals surface area contributed by atoms with Gasteiger partial charge < -0.3 is 14.6 Å². The van der Waals surface area contributed by atoms with Gasteiger partial charge in [0.1, 0.15) is 17.6 Å². The van der Waals surface area contributed by atoms with Crippen LogP contribution in [0.3, 0.4) is 0 Å². The number of amides is 1. The summed E-state index contributed by atoms with van der Waals surface area (Å²) >= 11 is 6.01. The molecule has 0 unspecified atom stereocenters. The number of aryl methyl sites for hydroxylation is 2. The monoisotopic (exact) mass is 280 g/mol. The molecule has 1 heterocycles. The molecule has 2 rings (SSSR count). The second-order valence-electron chi connectivity index (χ2n) is 4.07. The Labute approximate surface area is 115 Å². The smallest absolute Gasteiger partial charge is 0.260 e. The van der Waals surface area contributed by atoms with Crippen molar-refractivity contribution in [2.45, 2.75) is 13.8 Å². The second-order valence-corrected chi connectivity index (χ2v) is 4.48. The highest BCUT2D eigenvalue weighted by atomic mass is 35.5. The number of carbonyl (C=O) groups excluding carboxylic acids is 1. The summed E-state index contributed by atoms with van der Waals surface area (Å²) in [4.78, 5) is 12.1. The van der Waals surface area contributed by atoms with E-state index in [1.54, 1.807) is 19.1 Å². The number of halogens is 1. The predicted molar refractivity (Wildman–Crippen MR) is 71.9 cm³/mol. The zero-order valence-corrected chi connectivity index (χ0v) is 11.5. The van der Waals surface area contributed by atoms with Crippen LogP contribution in [0, 0.1) is 13.8 Å². The predicted octanol–water partition coefficient (Wildman–Crippen LogP) is 3.21. The number of nitrogens with one attached hydrogen (secondary N) is 1. The van der Waals surface area contributed by atoms with E-state index in [9.17, 15) is 4.79 Å². The Morgan fingerprint density at radius 1 is 1.42 bits per heavy atom. The molecule has 1 amide bonds. The third-order valence-electron chi connectivity index (χ3n) is 2.72. The fourth-order valence-corrected chi connectivity index (χ4v) is 1.78. The van der Waals surface area contributed by atoms with E-state index in [0.29, 0.717) is 27.7 Å². The van der Waals surface area contributed by atoms with Crippen LogP contribution in [-0.2, 0) is 0 Å². The summed E-state index contributed by atoms with van der Waals surface area (Å²) < 4.78 is 9.93. The summed E-state index contributed by atoms with van der Waals surface area (Å²) in [5.41, 5.74) is 2.31. The second kappa shape index (κ2) is 5.32. The summed E-state index contributed by atoms with van der Waals surface area (Å²) in [5, 5.41) is 7.00. The first-order valence-electron chi connectivity index (χ1n) is 5.59. The SMILES string of the molecule is COc1cc(Cl)c(C)cc1NC(=O)c1conc1C. The zero-order chi connectivity index (χ0) is 14.0. The Kier molecular flexibility index (Phi) is 3.76. The Morgan fingerprint density at radius 3 is 2.74 bits per heavy atom. The van der Waals surface area contributed by atoms with Crippen LogP contribution < -0.4 is 10.1 Å². The number of rotatable bonds is 3. The summed E-state index contributed by atoms with van der Waals surface area (Å²) in [7, 11) is 1.52. The van der Waals surface area contributed by atoms with Crippen LogP contribution in [0.2, 0.25) is 5.02 Å². The molecule has 0 aliphatic carbocycles. The summed E-state index contributed by atoms with van der Waals surface area (Å²) in [6.07, 6.45) is 1.31. The maximum Gasteiger partial charge on any atom is 0.260 e. The molecule has 0 bridgehead atoms. The van der Waals surface area contributed by atoms with Crippen molar-refractivity contribution in [3.63, 3.8) is 0 Å². The first-order chi connectivity index (χ1) is 9.02. The third-order valence-corrected chi connectivity index (χ3v) is 3.13. The quantitative estimate of drug-likeness (QED) is 0.938. The molecule has 1 aromatic carbocycles. The zero-order valence-electron chi connectivity index (χ0n) is 10.8. The fraction of sp³-hybridized carbons (Fsp3) is 0.231. The maximum absolute atomic E-state index is 12.1. The van der Waals surface area contributed by atoms with Gasteiger partial charge in [-0.1, -0.05) is 16.8 Å². The lowest BCUT2D eigenvalue weighted by molar-refractivity contribution is 0.102. The lowest BCUT2D eigenvalue weighted by Crippen LogP contribution is -2.13. The van der Waals surface area contributed by atoms with Crippen LogP contribution in [0.25, 0.3) is 0 Å². The molecule has 0 saturated heterocycles.